The van der Waals surface area contributed by atoms with Gasteiger partial charge in [0.25, 0.3) is 0 Å². The van der Waals surface area contributed by atoms with Gasteiger partial charge in [-0.1, -0.05) is 17.7 Å². The second-order valence-electron chi connectivity index (χ2n) is 4.32. The van der Waals surface area contributed by atoms with Gasteiger partial charge in [0.05, 0.1) is 0 Å². The Hall–Kier alpha value is -1.06. The number of nitrogens with one attached hydrogen (secondary N) is 1. The van der Waals surface area contributed by atoms with Gasteiger partial charge in [-0.05, 0) is 37.0 Å². The molecule has 1 aromatic carbocycles. The summed E-state index contributed by atoms with van der Waals surface area (Å²) < 4.78 is 5.27. The molecule has 0 saturated carbocycles. The van der Waals surface area contributed by atoms with Gasteiger partial charge < -0.3 is 10.1 Å². The van der Waals surface area contributed by atoms with Crippen molar-refractivity contribution < 1.29 is 9.53 Å². The predicted molar refractivity (Wildman–Crippen MR) is 68.2 cm³/mol. The third kappa shape index (κ3) is 4.02. The van der Waals surface area contributed by atoms with E-state index in [1.807, 2.05) is 12.1 Å². The zero-order valence-corrected chi connectivity index (χ0v) is 10.4. The first-order chi connectivity index (χ1) is 8.24. The fourth-order valence-electron chi connectivity index (χ4n) is 1.99. The molecular formula is C13H16ClNO2. The summed E-state index contributed by atoms with van der Waals surface area (Å²) in [7, 11) is 0. The van der Waals surface area contributed by atoms with E-state index in [2.05, 4.69) is 5.32 Å². The van der Waals surface area contributed by atoms with Crippen LogP contribution in [0.2, 0.25) is 5.02 Å². The fourth-order valence-corrected chi connectivity index (χ4v) is 2.18. The number of ether oxygens (including phenoxy) is 1. The van der Waals surface area contributed by atoms with Crippen LogP contribution in [0.5, 0.6) is 0 Å². The first-order valence-corrected chi connectivity index (χ1v) is 6.25. The standard InChI is InChI=1S/C13H16ClNO2/c14-11-2-1-3-12(9-11)15-13(16)8-10-4-6-17-7-5-10/h1-3,9-10H,4-8H2,(H,15,16). The van der Waals surface area contributed by atoms with Crippen molar-refractivity contribution in [2.45, 2.75) is 19.3 Å². The molecule has 1 heterocycles. The van der Waals surface area contributed by atoms with Gasteiger partial charge in [0, 0.05) is 30.3 Å². The topological polar surface area (TPSA) is 38.3 Å². The molecule has 0 bridgehead atoms. The van der Waals surface area contributed by atoms with E-state index in [-0.39, 0.29) is 5.91 Å². The van der Waals surface area contributed by atoms with E-state index in [4.69, 9.17) is 16.3 Å². The molecule has 3 nitrogen and oxygen atoms in total. The lowest BCUT2D eigenvalue weighted by molar-refractivity contribution is -0.117. The number of rotatable bonds is 3. The minimum atomic E-state index is 0.0548. The zero-order chi connectivity index (χ0) is 12.1. The third-order valence-electron chi connectivity index (χ3n) is 2.92. The van der Waals surface area contributed by atoms with E-state index in [9.17, 15) is 4.79 Å². The van der Waals surface area contributed by atoms with E-state index in [0.717, 1.165) is 31.7 Å². The molecule has 17 heavy (non-hydrogen) atoms. The Morgan fingerprint density at radius 1 is 1.41 bits per heavy atom. The Labute approximate surface area is 106 Å². The number of carbonyl (C=O) groups is 1. The Morgan fingerprint density at radius 3 is 2.88 bits per heavy atom. The highest BCUT2D eigenvalue weighted by atomic mass is 35.5. The van der Waals surface area contributed by atoms with Crippen LogP contribution in [0.1, 0.15) is 19.3 Å². The molecule has 2 rings (SSSR count). The van der Waals surface area contributed by atoms with Gasteiger partial charge in [0.1, 0.15) is 0 Å². The first-order valence-electron chi connectivity index (χ1n) is 5.87. The minimum absolute atomic E-state index is 0.0548. The van der Waals surface area contributed by atoms with Crippen molar-refractivity contribution in [1.82, 2.24) is 0 Å². The molecule has 0 aliphatic carbocycles. The summed E-state index contributed by atoms with van der Waals surface area (Å²) in [6.45, 7) is 1.55. The lowest BCUT2D eigenvalue weighted by atomic mass is 9.96. The SMILES string of the molecule is O=C(CC1CCOCC1)Nc1cccc(Cl)c1. The predicted octanol–water partition coefficient (Wildman–Crippen LogP) is 3.10. The van der Waals surface area contributed by atoms with Gasteiger partial charge in [-0.25, -0.2) is 0 Å². The third-order valence-corrected chi connectivity index (χ3v) is 3.16. The lowest BCUT2D eigenvalue weighted by Crippen LogP contribution is -2.22. The van der Waals surface area contributed by atoms with Gasteiger partial charge in [-0.2, -0.15) is 0 Å². The highest BCUT2D eigenvalue weighted by molar-refractivity contribution is 6.30. The maximum absolute atomic E-state index is 11.8. The molecule has 1 fully saturated rings. The first kappa shape index (κ1) is 12.4. The van der Waals surface area contributed by atoms with Crippen LogP contribution in [0.3, 0.4) is 0 Å². The highest BCUT2D eigenvalue weighted by Gasteiger charge is 2.17. The maximum Gasteiger partial charge on any atom is 0.224 e. The van der Waals surface area contributed by atoms with Crippen molar-refractivity contribution in [1.29, 1.82) is 0 Å². The summed E-state index contributed by atoms with van der Waals surface area (Å²) in [5.74, 6) is 0.502. The second kappa shape index (κ2) is 6.03. The molecule has 0 atom stereocenters. The Balaban J connectivity index is 1.84. The van der Waals surface area contributed by atoms with Crippen LogP contribution in [0.15, 0.2) is 24.3 Å². The van der Waals surface area contributed by atoms with Crippen molar-refractivity contribution in [3.63, 3.8) is 0 Å². The molecule has 0 aromatic heterocycles. The lowest BCUT2D eigenvalue weighted by Gasteiger charge is -2.21. The van der Waals surface area contributed by atoms with Gasteiger partial charge in [-0.15, -0.1) is 0 Å². The number of carbonyl (C=O) groups excluding carboxylic acids is 1. The summed E-state index contributed by atoms with van der Waals surface area (Å²) >= 11 is 5.85. The quantitative estimate of drug-likeness (QED) is 0.899. The van der Waals surface area contributed by atoms with E-state index in [1.165, 1.54) is 0 Å². The number of hydrogen-bond donors (Lipinski definition) is 1. The van der Waals surface area contributed by atoms with Crippen molar-refractivity contribution in [2.75, 3.05) is 18.5 Å². The molecule has 1 aromatic rings. The zero-order valence-electron chi connectivity index (χ0n) is 9.62. The molecule has 1 amide bonds. The number of anilines is 1. The molecule has 1 aliphatic rings. The molecule has 1 N–H and O–H groups in total. The Kier molecular flexibility index (Phi) is 4.40. The van der Waals surface area contributed by atoms with Crippen LogP contribution >= 0.6 is 11.6 Å². The van der Waals surface area contributed by atoms with Crippen molar-refractivity contribution in [3.8, 4) is 0 Å². The second-order valence-corrected chi connectivity index (χ2v) is 4.75. The molecule has 1 aliphatic heterocycles. The van der Waals surface area contributed by atoms with Crippen LogP contribution in [0, 0.1) is 5.92 Å². The summed E-state index contributed by atoms with van der Waals surface area (Å²) in [5.41, 5.74) is 0.759. The molecule has 0 unspecified atom stereocenters. The van der Waals surface area contributed by atoms with Crippen molar-refractivity contribution in [3.05, 3.63) is 29.3 Å². The normalized spacial score (nSPS) is 16.8. The van der Waals surface area contributed by atoms with E-state index >= 15 is 0 Å². The molecule has 4 heteroatoms. The Bertz CT molecular complexity index is 389. The largest absolute Gasteiger partial charge is 0.381 e. The van der Waals surface area contributed by atoms with Crippen LogP contribution < -0.4 is 5.32 Å². The van der Waals surface area contributed by atoms with E-state index < -0.39 is 0 Å². The van der Waals surface area contributed by atoms with E-state index in [1.54, 1.807) is 12.1 Å². The minimum Gasteiger partial charge on any atom is -0.381 e. The molecule has 92 valence electrons. The number of halogens is 1. The van der Waals surface area contributed by atoms with Crippen molar-refractivity contribution >= 4 is 23.2 Å². The Morgan fingerprint density at radius 2 is 2.18 bits per heavy atom. The van der Waals surface area contributed by atoms with Crippen LogP contribution in [-0.2, 0) is 9.53 Å². The molecular weight excluding hydrogens is 238 g/mol. The van der Waals surface area contributed by atoms with Gasteiger partial charge >= 0.3 is 0 Å². The number of amides is 1. The van der Waals surface area contributed by atoms with Gasteiger partial charge in [0.15, 0.2) is 0 Å². The summed E-state index contributed by atoms with van der Waals surface area (Å²) in [6.07, 6.45) is 2.52. The average molecular weight is 254 g/mol. The maximum atomic E-state index is 11.8. The van der Waals surface area contributed by atoms with Crippen LogP contribution in [0.25, 0.3) is 0 Å². The number of benzene rings is 1. The van der Waals surface area contributed by atoms with Gasteiger partial charge in [0.2, 0.25) is 5.91 Å². The molecule has 0 spiro atoms. The monoisotopic (exact) mass is 253 g/mol. The fraction of sp³-hybridized carbons (Fsp3) is 0.462. The summed E-state index contributed by atoms with van der Waals surface area (Å²) in [5, 5.41) is 3.50. The van der Waals surface area contributed by atoms with Crippen molar-refractivity contribution in [2.24, 2.45) is 5.92 Å². The van der Waals surface area contributed by atoms with E-state index in [0.29, 0.717) is 17.4 Å². The highest BCUT2D eigenvalue weighted by Crippen LogP contribution is 2.20. The van der Waals surface area contributed by atoms with Gasteiger partial charge in [-0.3, -0.25) is 4.79 Å². The van der Waals surface area contributed by atoms with Crippen LogP contribution in [0.4, 0.5) is 5.69 Å². The summed E-state index contributed by atoms with van der Waals surface area (Å²) in [4.78, 5) is 11.8. The number of hydrogen-bond acceptors (Lipinski definition) is 2. The molecule has 0 radical (unpaired) electrons. The average Bonchev–Trinajstić information content (AvgIpc) is 2.30. The molecule has 1 saturated heterocycles. The smallest absolute Gasteiger partial charge is 0.224 e. The summed E-state index contributed by atoms with van der Waals surface area (Å²) in [6, 6.07) is 7.21. The van der Waals surface area contributed by atoms with Crippen LogP contribution in [-0.4, -0.2) is 19.1 Å².